The van der Waals surface area contributed by atoms with Crippen LogP contribution in [0.4, 0.5) is 0 Å². The summed E-state index contributed by atoms with van der Waals surface area (Å²) in [7, 11) is 0. The third kappa shape index (κ3) is 4.25. The van der Waals surface area contributed by atoms with Gasteiger partial charge in [-0.2, -0.15) is 0 Å². The maximum Gasteiger partial charge on any atom is 0.123 e. The second kappa shape index (κ2) is 7.23. The molecule has 4 heteroatoms. The van der Waals surface area contributed by atoms with Crippen LogP contribution in [0, 0.1) is 5.92 Å². The van der Waals surface area contributed by atoms with Crippen molar-refractivity contribution in [2.24, 2.45) is 11.7 Å². The molecular weight excluding hydrogens is 322 g/mol. The minimum atomic E-state index is -0.506. The molecule has 2 atom stereocenters. The predicted molar refractivity (Wildman–Crippen MR) is 103 cm³/mol. The Morgan fingerprint density at radius 3 is 1.71 bits per heavy atom. The molecule has 4 N–H and O–H groups in total. The summed E-state index contributed by atoms with van der Waals surface area (Å²) in [4.78, 5) is 0. The van der Waals surface area contributed by atoms with Gasteiger partial charge in [0.15, 0.2) is 0 Å². The van der Waals surface area contributed by atoms with Crippen LogP contribution in [0.1, 0.15) is 83.5 Å². The summed E-state index contributed by atoms with van der Waals surface area (Å²) in [6.07, 6.45) is 2.80. The van der Waals surface area contributed by atoms with Crippen LogP contribution < -0.4 is 5.73 Å². The van der Waals surface area contributed by atoms with Gasteiger partial charge in [-0.15, -0.1) is 12.4 Å². The first-order chi connectivity index (χ1) is 10.4. The molecular formula is C20H34ClNO2. The van der Waals surface area contributed by atoms with Crippen molar-refractivity contribution in [2.75, 3.05) is 0 Å². The normalized spacial score (nSPS) is 18.5. The summed E-state index contributed by atoms with van der Waals surface area (Å²) in [5.74, 6) is 0.675. The Hall–Kier alpha value is -0.770. The predicted octanol–water partition coefficient (Wildman–Crippen LogP) is 4.57. The number of phenols is 1. The number of aliphatic hydroxyl groups excluding tert-OH is 1. The van der Waals surface area contributed by atoms with Crippen LogP contribution in [0.2, 0.25) is 0 Å². The van der Waals surface area contributed by atoms with Crippen molar-refractivity contribution in [1.29, 1.82) is 0 Å². The first-order valence-corrected chi connectivity index (χ1v) is 8.74. The highest BCUT2D eigenvalue weighted by Gasteiger charge is 2.33. The third-order valence-electron chi connectivity index (χ3n) is 5.13. The maximum absolute atomic E-state index is 10.8. The van der Waals surface area contributed by atoms with E-state index in [1.54, 1.807) is 0 Å². The molecule has 24 heavy (non-hydrogen) atoms. The van der Waals surface area contributed by atoms with Crippen molar-refractivity contribution >= 4 is 12.4 Å². The zero-order valence-electron chi connectivity index (χ0n) is 15.9. The molecule has 0 bridgehead atoms. The minimum absolute atomic E-state index is 0. The molecule has 0 aromatic heterocycles. The summed E-state index contributed by atoms with van der Waals surface area (Å²) in [5.41, 5.74) is 8.76. The second-order valence-electron chi connectivity index (χ2n) is 9.17. The van der Waals surface area contributed by atoms with E-state index in [4.69, 9.17) is 5.73 Å². The van der Waals surface area contributed by atoms with Gasteiger partial charge in [-0.1, -0.05) is 48.0 Å². The quantitative estimate of drug-likeness (QED) is 0.744. The van der Waals surface area contributed by atoms with E-state index in [2.05, 4.69) is 41.5 Å². The third-order valence-corrected chi connectivity index (χ3v) is 5.13. The van der Waals surface area contributed by atoms with Gasteiger partial charge in [-0.05, 0) is 58.4 Å². The van der Waals surface area contributed by atoms with Crippen molar-refractivity contribution in [2.45, 2.75) is 83.8 Å². The van der Waals surface area contributed by atoms with E-state index in [0.29, 0.717) is 11.7 Å². The summed E-state index contributed by atoms with van der Waals surface area (Å²) in [6.45, 7) is 12.5. The highest BCUT2D eigenvalue weighted by molar-refractivity contribution is 5.85. The molecule has 1 fully saturated rings. The lowest BCUT2D eigenvalue weighted by atomic mass is 9.74. The number of nitrogens with two attached hydrogens (primary N) is 1. The van der Waals surface area contributed by atoms with Gasteiger partial charge in [0.1, 0.15) is 5.75 Å². The SMILES string of the molecule is CC(C)(C)c1cc([C@H](N)[C@H](O)C2CCC2)cc(C(C)(C)C)c1O.Cl. The number of halogens is 1. The lowest BCUT2D eigenvalue weighted by Gasteiger charge is -2.35. The molecule has 0 amide bonds. The number of phenolic OH excluding ortho intramolecular Hbond substituents is 1. The molecule has 0 radical (unpaired) electrons. The molecule has 1 aromatic rings. The van der Waals surface area contributed by atoms with Gasteiger partial charge in [0.2, 0.25) is 0 Å². The van der Waals surface area contributed by atoms with E-state index in [1.807, 2.05) is 12.1 Å². The van der Waals surface area contributed by atoms with Gasteiger partial charge in [0.25, 0.3) is 0 Å². The lowest BCUT2D eigenvalue weighted by Crippen LogP contribution is -2.36. The van der Waals surface area contributed by atoms with Crippen LogP contribution in [-0.2, 0) is 10.8 Å². The fraction of sp³-hybridized carbons (Fsp3) is 0.700. The van der Waals surface area contributed by atoms with Crippen LogP contribution in [-0.4, -0.2) is 16.3 Å². The Morgan fingerprint density at radius 2 is 1.42 bits per heavy atom. The topological polar surface area (TPSA) is 66.5 Å². The van der Waals surface area contributed by atoms with Gasteiger partial charge in [-0.25, -0.2) is 0 Å². The number of benzene rings is 1. The summed E-state index contributed by atoms with van der Waals surface area (Å²) < 4.78 is 0. The smallest absolute Gasteiger partial charge is 0.123 e. The molecule has 1 aliphatic rings. The molecule has 0 heterocycles. The van der Waals surface area contributed by atoms with Gasteiger partial charge >= 0.3 is 0 Å². The average Bonchev–Trinajstić information content (AvgIpc) is 2.33. The zero-order valence-corrected chi connectivity index (χ0v) is 16.7. The molecule has 3 nitrogen and oxygen atoms in total. The first kappa shape index (κ1) is 21.3. The Balaban J connectivity index is 0.00000288. The summed E-state index contributed by atoms with van der Waals surface area (Å²) in [6, 6.07) is 3.57. The molecule has 1 aromatic carbocycles. The van der Waals surface area contributed by atoms with Crippen LogP contribution >= 0.6 is 12.4 Å². The highest BCUT2D eigenvalue weighted by atomic mass is 35.5. The number of rotatable bonds is 3. The van der Waals surface area contributed by atoms with E-state index < -0.39 is 12.1 Å². The average molecular weight is 356 g/mol. The number of hydrogen-bond donors (Lipinski definition) is 3. The van der Waals surface area contributed by atoms with Gasteiger partial charge in [0, 0.05) is 0 Å². The van der Waals surface area contributed by atoms with Crippen molar-refractivity contribution in [3.05, 3.63) is 28.8 Å². The molecule has 0 unspecified atom stereocenters. The fourth-order valence-corrected chi connectivity index (χ4v) is 3.26. The largest absolute Gasteiger partial charge is 0.507 e. The maximum atomic E-state index is 10.8. The van der Waals surface area contributed by atoms with Crippen LogP contribution in [0.5, 0.6) is 5.75 Å². The van der Waals surface area contributed by atoms with Crippen molar-refractivity contribution in [1.82, 2.24) is 0 Å². The van der Waals surface area contributed by atoms with Crippen LogP contribution in [0.3, 0.4) is 0 Å². The molecule has 0 spiro atoms. The van der Waals surface area contributed by atoms with Crippen molar-refractivity contribution < 1.29 is 10.2 Å². The minimum Gasteiger partial charge on any atom is -0.507 e. The Kier molecular flexibility index (Phi) is 6.41. The Bertz CT molecular complexity index is 533. The van der Waals surface area contributed by atoms with E-state index in [1.165, 1.54) is 6.42 Å². The second-order valence-corrected chi connectivity index (χ2v) is 9.17. The van der Waals surface area contributed by atoms with Gasteiger partial charge < -0.3 is 15.9 Å². The Morgan fingerprint density at radius 1 is 1.00 bits per heavy atom. The van der Waals surface area contributed by atoms with Crippen molar-refractivity contribution in [3.8, 4) is 5.75 Å². The summed E-state index contributed by atoms with van der Waals surface area (Å²) in [5, 5.41) is 21.3. The van der Waals surface area contributed by atoms with E-state index in [-0.39, 0.29) is 23.2 Å². The zero-order chi connectivity index (χ0) is 17.6. The number of hydrogen-bond acceptors (Lipinski definition) is 3. The number of aliphatic hydroxyl groups is 1. The Labute approximate surface area is 153 Å². The molecule has 1 saturated carbocycles. The van der Waals surface area contributed by atoms with Crippen molar-refractivity contribution in [3.63, 3.8) is 0 Å². The fourth-order valence-electron chi connectivity index (χ4n) is 3.26. The lowest BCUT2D eigenvalue weighted by molar-refractivity contribution is 0.0413. The molecule has 2 rings (SSSR count). The molecule has 138 valence electrons. The summed E-state index contributed by atoms with van der Waals surface area (Å²) >= 11 is 0. The van der Waals surface area contributed by atoms with Crippen LogP contribution in [0.25, 0.3) is 0 Å². The van der Waals surface area contributed by atoms with E-state index in [9.17, 15) is 10.2 Å². The molecule has 0 saturated heterocycles. The monoisotopic (exact) mass is 355 g/mol. The van der Waals surface area contributed by atoms with E-state index in [0.717, 1.165) is 29.5 Å². The first-order valence-electron chi connectivity index (χ1n) is 8.74. The van der Waals surface area contributed by atoms with Gasteiger partial charge in [0.05, 0.1) is 12.1 Å². The standard InChI is InChI=1S/C20H33NO2.ClH/c1-19(2,3)14-10-13(11-15(18(14)23)20(4,5)6)16(21)17(22)12-8-7-9-12;/h10-12,16-17,22-23H,7-9,21H2,1-6H3;1H/t16-,17+;/m0./s1. The number of aromatic hydroxyl groups is 1. The molecule has 1 aliphatic carbocycles. The van der Waals surface area contributed by atoms with Gasteiger partial charge in [-0.3, -0.25) is 0 Å². The van der Waals surface area contributed by atoms with Crippen LogP contribution in [0.15, 0.2) is 12.1 Å². The molecule has 0 aliphatic heterocycles. The highest BCUT2D eigenvalue weighted by Crippen LogP contribution is 2.42. The van der Waals surface area contributed by atoms with E-state index >= 15 is 0 Å².